The lowest BCUT2D eigenvalue weighted by Gasteiger charge is -2.31. The predicted molar refractivity (Wildman–Crippen MR) is 75.5 cm³/mol. The first kappa shape index (κ1) is 12.8. The average molecular weight is 271 g/mol. The highest BCUT2D eigenvalue weighted by atomic mass is 16.1. The zero-order valence-corrected chi connectivity index (χ0v) is 11.3. The van der Waals surface area contributed by atoms with Crippen molar-refractivity contribution in [3.63, 3.8) is 0 Å². The minimum atomic E-state index is 0.0312. The van der Waals surface area contributed by atoms with E-state index in [0.717, 1.165) is 24.5 Å². The van der Waals surface area contributed by atoms with Crippen LogP contribution in [0.15, 0.2) is 36.7 Å². The van der Waals surface area contributed by atoms with Crippen LogP contribution in [0.2, 0.25) is 0 Å². The number of hydrogen-bond acceptors (Lipinski definition) is 4. The molecule has 3 rings (SSSR count). The molecule has 1 fully saturated rings. The van der Waals surface area contributed by atoms with Crippen LogP contribution in [0.3, 0.4) is 0 Å². The SMILES string of the molecule is CC(C(=O)Nc1ccc(-n2nccn2)cc1)C1CNC1. The van der Waals surface area contributed by atoms with Gasteiger partial charge in [0, 0.05) is 11.6 Å². The lowest BCUT2D eigenvalue weighted by molar-refractivity contribution is -0.121. The highest BCUT2D eigenvalue weighted by molar-refractivity contribution is 5.92. The number of aromatic nitrogens is 3. The van der Waals surface area contributed by atoms with E-state index in [-0.39, 0.29) is 11.8 Å². The molecule has 1 amide bonds. The van der Waals surface area contributed by atoms with Crippen LogP contribution in [0.25, 0.3) is 5.69 Å². The molecule has 1 aliphatic rings. The van der Waals surface area contributed by atoms with Gasteiger partial charge in [-0.05, 0) is 43.3 Å². The highest BCUT2D eigenvalue weighted by Gasteiger charge is 2.28. The number of anilines is 1. The van der Waals surface area contributed by atoms with E-state index in [0.29, 0.717) is 5.92 Å². The molecule has 0 aliphatic carbocycles. The number of nitrogens with one attached hydrogen (secondary N) is 2. The second-order valence-corrected chi connectivity index (χ2v) is 5.06. The average Bonchev–Trinajstić information content (AvgIpc) is 2.91. The molecular formula is C14H17N5O. The second kappa shape index (κ2) is 5.42. The first-order chi connectivity index (χ1) is 9.74. The van der Waals surface area contributed by atoms with Crippen molar-refractivity contribution in [3.8, 4) is 5.69 Å². The normalized spacial score (nSPS) is 16.4. The van der Waals surface area contributed by atoms with E-state index in [1.54, 1.807) is 12.4 Å². The summed E-state index contributed by atoms with van der Waals surface area (Å²) in [5.74, 6) is 0.549. The molecule has 1 aliphatic heterocycles. The molecule has 6 heteroatoms. The van der Waals surface area contributed by atoms with Gasteiger partial charge in [-0.25, -0.2) is 0 Å². The molecule has 6 nitrogen and oxygen atoms in total. The Morgan fingerprint density at radius 1 is 1.30 bits per heavy atom. The van der Waals surface area contributed by atoms with Crippen LogP contribution in [-0.4, -0.2) is 34.0 Å². The Kier molecular flexibility index (Phi) is 3.47. The minimum absolute atomic E-state index is 0.0312. The van der Waals surface area contributed by atoms with Gasteiger partial charge in [0.1, 0.15) is 0 Å². The Balaban J connectivity index is 1.64. The molecule has 2 heterocycles. The van der Waals surface area contributed by atoms with Gasteiger partial charge in [-0.3, -0.25) is 4.79 Å². The second-order valence-electron chi connectivity index (χ2n) is 5.06. The van der Waals surface area contributed by atoms with Crippen molar-refractivity contribution in [2.45, 2.75) is 6.92 Å². The van der Waals surface area contributed by atoms with Crippen molar-refractivity contribution < 1.29 is 4.79 Å². The molecule has 2 N–H and O–H groups in total. The summed E-state index contributed by atoms with van der Waals surface area (Å²) < 4.78 is 0. The van der Waals surface area contributed by atoms with Crippen LogP contribution in [0.5, 0.6) is 0 Å². The van der Waals surface area contributed by atoms with Crippen LogP contribution in [0.1, 0.15) is 6.92 Å². The van der Waals surface area contributed by atoms with E-state index in [1.807, 2.05) is 31.2 Å². The van der Waals surface area contributed by atoms with Gasteiger partial charge in [-0.2, -0.15) is 15.0 Å². The van der Waals surface area contributed by atoms with E-state index >= 15 is 0 Å². The summed E-state index contributed by atoms with van der Waals surface area (Å²) in [4.78, 5) is 13.6. The smallest absolute Gasteiger partial charge is 0.227 e. The molecule has 1 unspecified atom stereocenters. The maximum absolute atomic E-state index is 12.1. The van der Waals surface area contributed by atoms with Crippen molar-refractivity contribution in [3.05, 3.63) is 36.7 Å². The number of rotatable bonds is 4. The molecule has 1 atom stereocenters. The quantitative estimate of drug-likeness (QED) is 0.872. The lowest BCUT2D eigenvalue weighted by atomic mass is 9.88. The van der Waals surface area contributed by atoms with Gasteiger partial charge in [0.2, 0.25) is 5.91 Å². The van der Waals surface area contributed by atoms with E-state index in [4.69, 9.17) is 0 Å². The van der Waals surface area contributed by atoms with E-state index in [9.17, 15) is 4.79 Å². The van der Waals surface area contributed by atoms with Gasteiger partial charge in [-0.1, -0.05) is 6.92 Å². The zero-order chi connectivity index (χ0) is 13.9. The molecule has 1 aromatic heterocycles. The third kappa shape index (κ3) is 2.55. The van der Waals surface area contributed by atoms with Gasteiger partial charge in [-0.15, -0.1) is 0 Å². The van der Waals surface area contributed by atoms with Crippen molar-refractivity contribution in [1.29, 1.82) is 0 Å². The molecule has 20 heavy (non-hydrogen) atoms. The molecule has 2 aromatic rings. The Bertz CT molecular complexity index is 574. The third-order valence-electron chi connectivity index (χ3n) is 3.72. The molecule has 1 saturated heterocycles. The van der Waals surface area contributed by atoms with Gasteiger partial charge in [0.15, 0.2) is 0 Å². The summed E-state index contributed by atoms with van der Waals surface area (Å²) in [5, 5.41) is 14.3. The standard InChI is InChI=1S/C14H17N5O/c1-10(11-8-15-9-11)14(20)18-12-2-4-13(5-3-12)19-16-6-7-17-19/h2-7,10-11,15H,8-9H2,1H3,(H,18,20). The van der Waals surface area contributed by atoms with E-state index < -0.39 is 0 Å². The fraction of sp³-hybridized carbons (Fsp3) is 0.357. The van der Waals surface area contributed by atoms with Gasteiger partial charge >= 0.3 is 0 Å². The van der Waals surface area contributed by atoms with Crippen molar-refractivity contribution in [2.75, 3.05) is 18.4 Å². The van der Waals surface area contributed by atoms with Crippen molar-refractivity contribution >= 4 is 11.6 Å². The Morgan fingerprint density at radius 3 is 2.50 bits per heavy atom. The summed E-state index contributed by atoms with van der Waals surface area (Å²) >= 11 is 0. The summed E-state index contributed by atoms with van der Waals surface area (Å²) in [6.45, 7) is 3.83. The maximum atomic E-state index is 12.1. The summed E-state index contributed by atoms with van der Waals surface area (Å²) in [7, 11) is 0. The first-order valence-electron chi connectivity index (χ1n) is 6.72. The fourth-order valence-corrected chi connectivity index (χ4v) is 2.16. The number of hydrogen-bond donors (Lipinski definition) is 2. The maximum Gasteiger partial charge on any atom is 0.227 e. The summed E-state index contributed by atoms with van der Waals surface area (Å²) in [5.41, 5.74) is 1.66. The number of carbonyl (C=O) groups is 1. The minimum Gasteiger partial charge on any atom is -0.326 e. The van der Waals surface area contributed by atoms with Gasteiger partial charge < -0.3 is 10.6 Å². The molecule has 0 radical (unpaired) electrons. The first-order valence-corrected chi connectivity index (χ1v) is 6.72. The van der Waals surface area contributed by atoms with Crippen LogP contribution >= 0.6 is 0 Å². The molecule has 0 bridgehead atoms. The van der Waals surface area contributed by atoms with Crippen LogP contribution in [-0.2, 0) is 4.79 Å². The topological polar surface area (TPSA) is 71.8 Å². The van der Waals surface area contributed by atoms with Crippen molar-refractivity contribution in [2.24, 2.45) is 11.8 Å². The molecule has 0 saturated carbocycles. The number of benzene rings is 1. The Hall–Kier alpha value is -2.21. The summed E-state index contributed by atoms with van der Waals surface area (Å²) in [6, 6.07) is 7.49. The largest absolute Gasteiger partial charge is 0.326 e. The van der Waals surface area contributed by atoms with Gasteiger partial charge in [0.05, 0.1) is 18.1 Å². The van der Waals surface area contributed by atoms with Crippen LogP contribution in [0, 0.1) is 11.8 Å². The molecular weight excluding hydrogens is 254 g/mol. The summed E-state index contributed by atoms with van der Waals surface area (Å²) in [6.07, 6.45) is 3.26. The van der Waals surface area contributed by atoms with Crippen LogP contribution < -0.4 is 10.6 Å². The monoisotopic (exact) mass is 271 g/mol. The molecule has 104 valence electrons. The molecule has 0 spiro atoms. The van der Waals surface area contributed by atoms with Crippen LogP contribution in [0.4, 0.5) is 5.69 Å². The fourth-order valence-electron chi connectivity index (χ4n) is 2.16. The van der Waals surface area contributed by atoms with E-state index in [1.165, 1.54) is 4.80 Å². The number of amides is 1. The number of carbonyl (C=O) groups excluding carboxylic acids is 1. The lowest BCUT2D eigenvalue weighted by Crippen LogP contribution is -2.48. The molecule has 1 aromatic carbocycles. The van der Waals surface area contributed by atoms with Crippen molar-refractivity contribution in [1.82, 2.24) is 20.3 Å². The van der Waals surface area contributed by atoms with Gasteiger partial charge in [0.25, 0.3) is 0 Å². The Morgan fingerprint density at radius 2 is 1.95 bits per heavy atom. The Labute approximate surface area is 117 Å². The number of nitrogens with zero attached hydrogens (tertiary/aromatic N) is 3. The third-order valence-corrected chi connectivity index (χ3v) is 3.72. The highest BCUT2D eigenvalue weighted by Crippen LogP contribution is 2.19. The zero-order valence-electron chi connectivity index (χ0n) is 11.3. The predicted octanol–water partition coefficient (Wildman–Crippen LogP) is 1.06. The van der Waals surface area contributed by atoms with E-state index in [2.05, 4.69) is 20.8 Å².